The van der Waals surface area contributed by atoms with E-state index in [9.17, 15) is 4.79 Å². The zero-order chi connectivity index (χ0) is 20.1. The maximum absolute atomic E-state index is 12.5. The third-order valence-corrected chi connectivity index (χ3v) is 5.21. The van der Waals surface area contributed by atoms with Gasteiger partial charge in [0, 0.05) is 70.9 Å². The van der Waals surface area contributed by atoms with Gasteiger partial charge in [-0.15, -0.1) is 0 Å². The maximum Gasteiger partial charge on any atom is 0.321 e. The van der Waals surface area contributed by atoms with Crippen molar-refractivity contribution in [2.24, 2.45) is 0 Å². The van der Waals surface area contributed by atoms with Crippen molar-refractivity contribution in [1.29, 1.82) is 0 Å². The van der Waals surface area contributed by atoms with Crippen LogP contribution in [0.2, 0.25) is 0 Å². The molecule has 6 nitrogen and oxygen atoms in total. The summed E-state index contributed by atoms with van der Waals surface area (Å²) in [6.07, 6.45) is 0. The second kappa shape index (κ2) is 8.97. The zero-order valence-corrected chi connectivity index (χ0v) is 17.4. The summed E-state index contributed by atoms with van der Waals surface area (Å²) in [5.74, 6) is 0. The Balaban J connectivity index is 1.53. The van der Waals surface area contributed by atoms with Gasteiger partial charge < -0.3 is 24.9 Å². The summed E-state index contributed by atoms with van der Waals surface area (Å²) in [4.78, 5) is 21.0. The van der Waals surface area contributed by atoms with Gasteiger partial charge in [0.05, 0.1) is 0 Å². The Morgan fingerprint density at radius 3 is 2.11 bits per heavy atom. The van der Waals surface area contributed by atoms with Gasteiger partial charge in [-0.3, -0.25) is 0 Å². The van der Waals surface area contributed by atoms with E-state index in [1.54, 1.807) is 4.90 Å². The number of hydrogen-bond donors (Lipinski definition) is 1. The van der Waals surface area contributed by atoms with Crippen molar-refractivity contribution >= 4 is 23.1 Å². The zero-order valence-electron chi connectivity index (χ0n) is 17.4. The van der Waals surface area contributed by atoms with Crippen molar-refractivity contribution in [3.05, 3.63) is 54.1 Å². The van der Waals surface area contributed by atoms with Crippen LogP contribution in [0.15, 0.2) is 48.5 Å². The lowest BCUT2D eigenvalue weighted by Gasteiger charge is -2.34. The normalized spacial score (nSPS) is 14.6. The highest BCUT2D eigenvalue weighted by Crippen LogP contribution is 2.20. The van der Waals surface area contributed by atoms with Crippen LogP contribution in [0, 0.1) is 0 Å². The summed E-state index contributed by atoms with van der Waals surface area (Å²) in [7, 11) is 8.00. The summed E-state index contributed by atoms with van der Waals surface area (Å²) in [6.45, 7) is 4.81. The van der Waals surface area contributed by atoms with Crippen molar-refractivity contribution < 1.29 is 4.79 Å². The highest BCUT2D eigenvalue weighted by atomic mass is 16.2. The fraction of sp³-hybridized carbons (Fsp3) is 0.409. The van der Waals surface area contributed by atoms with Gasteiger partial charge in [0.25, 0.3) is 0 Å². The molecule has 0 unspecified atom stereocenters. The molecule has 1 heterocycles. The van der Waals surface area contributed by atoms with Crippen LogP contribution in [-0.4, -0.2) is 70.2 Å². The van der Waals surface area contributed by atoms with Crippen molar-refractivity contribution in [3.63, 3.8) is 0 Å². The highest BCUT2D eigenvalue weighted by molar-refractivity contribution is 5.89. The second-order valence-electron chi connectivity index (χ2n) is 7.68. The van der Waals surface area contributed by atoms with Crippen LogP contribution in [0.4, 0.5) is 21.9 Å². The number of carbonyl (C=O) groups excluding carboxylic acids is 1. The predicted molar refractivity (Wildman–Crippen MR) is 117 cm³/mol. The number of anilines is 3. The molecule has 2 amide bonds. The van der Waals surface area contributed by atoms with E-state index in [2.05, 4.69) is 63.5 Å². The largest absolute Gasteiger partial charge is 0.378 e. The molecule has 1 saturated heterocycles. The van der Waals surface area contributed by atoms with Crippen molar-refractivity contribution in [1.82, 2.24) is 9.80 Å². The lowest BCUT2D eigenvalue weighted by atomic mass is 10.2. The molecule has 1 aliphatic rings. The molecular formula is C22H31N5O. The minimum absolute atomic E-state index is 0.107. The van der Waals surface area contributed by atoms with Gasteiger partial charge in [-0.25, -0.2) is 4.79 Å². The van der Waals surface area contributed by atoms with Crippen LogP contribution in [-0.2, 0) is 6.54 Å². The highest BCUT2D eigenvalue weighted by Gasteiger charge is 2.14. The first-order valence-electron chi connectivity index (χ1n) is 9.74. The molecule has 0 aliphatic carbocycles. The summed E-state index contributed by atoms with van der Waals surface area (Å²) in [5, 5.41) is 2.98. The number of piperazine rings is 1. The fourth-order valence-corrected chi connectivity index (χ4v) is 3.28. The maximum atomic E-state index is 12.5. The molecule has 0 saturated carbocycles. The van der Waals surface area contributed by atoms with Crippen LogP contribution in [0.5, 0.6) is 0 Å². The Hall–Kier alpha value is -2.73. The molecule has 28 heavy (non-hydrogen) atoms. The van der Waals surface area contributed by atoms with E-state index in [-0.39, 0.29) is 6.03 Å². The third kappa shape index (κ3) is 5.16. The van der Waals surface area contributed by atoms with Crippen LogP contribution < -0.4 is 15.1 Å². The summed E-state index contributed by atoms with van der Waals surface area (Å²) in [6, 6.07) is 16.3. The van der Waals surface area contributed by atoms with E-state index in [1.165, 1.54) is 5.69 Å². The number of rotatable bonds is 5. The van der Waals surface area contributed by atoms with Gasteiger partial charge in [0.15, 0.2) is 0 Å². The Labute approximate surface area is 168 Å². The molecule has 2 aromatic carbocycles. The topological polar surface area (TPSA) is 42.1 Å². The Morgan fingerprint density at radius 2 is 1.54 bits per heavy atom. The van der Waals surface area contributed by atoms with Crippen LogP contribution >= 0.6 is 0 Å². The van der Waals surface area contributed by atoms with E-state index in [0.29, 0.717) is 6.54 Å². The smallest absolute Gasteiger partial charge is 0.321 e. The molecule has 0 radical (unpaired) electrons. The number of carbonyl (C=O) groups is 1. The average Bonchev–Trinajstić information content (AvgIpc) is 2.69. The first-order valence-corrected chi connectivity index (χ1v) is 9.74. The molecule has 1 aliphatic heterocycles. The van der Waals surface area contributed by atoms with E-state index >= 15 is 0 Å². The minimum atomic E-state index is -0.107. The SMILES string of the molecule is CN1CCN(c2ccc(NC(=O)N(C)Cc3ccc(N(C)C)cc3)cc2)CC1. The predicted octanol–water partition coefficient (Wildman–Crippen LogP) is 3.17. The van der Waals surface area contributed by atoms with Crippen LogP contribution in [0.25, 0.3) is 0 Å². The molecule has 0 aromatic heterocycles. The molecule has 1 fully saturated rings. The van der Waals surface area contributed by atoms with Crippen LogP contribution in [0.1, 0.15) is 5.56 Å². The molecule has 3 rings (SSSR count). The molecule has 2 aromatic rings. The molecule has 1 N–H and O–H groups in total. The van der Waals surface area contributed by atoms with Gasteiger partial charge >= 0.3 is 6.03 Å². The lowest BCUT2D eigenvalue weighted by molar-refractivity contribution is 0.220. The molecular weight excluding hydrogens is 350 g/mol. The number of likely N-dealkylation sites (N-methyl/N-ethyl adjacent to an activating group) is 1. The van der Waals surface area contributed by atoms with Gasteiger partial charge in [-0.1, -0.05) is 12.1 Å². The number of urea groups is 1. The van der Waals surface area contributed by atoms with Gasteiger partial charge in [-0.05, 0) is 49.0 Å². The summed E-state index contributed by atoms with van der Waals surface area (Å²) < 4.78 is 0. The lowest BCUT2D eigenvalue weighted by Crippen LogP contribution is -2.44. The van der Waals surface area contributed by atoms with E-state index in [1.807, 2.05) is 33.3 Å². The van der Waals surface area contributed by atoms with Gasteiger partial charge in [-0.2, -0.15) is 0 Å². The first kappa shape index (κ1) is 20.0. The number of nitrogens with one attached hydrogen (secondary N) is 1. The number of hydrogen-bond acceptors (Lipinski definition) is 4. The number of benzene rings is 2. The number of amides is 2. The Bertz CT molecular complexity index is 765. The van der Waals surface area contributed by atoms with Crippen LogP contribution in [0.3, 0.4) is 0 Å². The Kier molecular flexibility index (Phi) is 6.41. The Morgan fingerprint density at radius 1 is 0.929 bits per heavy atom. The van der Waals surface area contributed by atoms with Gasteiger partial charge in [0.2, 0.25) is 0 Å². The molecule has 0 bridgehead atoms. The van der Waals surface area contributed by atoms with Crippen molar-refractivity contribution in [2.45, 2.75) is 6.54 Å². The van der Waals surface area contributed by atoms with Crippen molar-refractivity contribution in [2.75, 3.05) is 69.5 Å². The molecule has 150 valence electrons. The first-order chi connectivity index (χ1) is 13.4. The van der Waals surface area contributed by atoms with E-state index in [4.69, 9.17) is 0 Å². The monoisotopic (exact) mass is 381 g/mol. The summed E-state index contributed by atoms with van der Waals surface area (Å²) in [5.41, 5.74) is 4.28. The van der Waals surface area contributed by atoms with E-state index < -0.39 is 0 Å². The average molecular weight is 382 g/mol. The quantitative estimate of drug-likeness (QED) is 0.864. The summed E-state index contributed by atoms with van der Waals surface area (Å²) >= 11 is 0. The molecule has 0 spiro atoms. The second-order valence-corrected chi connectivity index (χ2v) is 7.68. The fourth-order valence-electron chi connectivity index (χ4n) is 3.28. The number of nitrogens with zero attached hydrogens (tertiary/aromatic N) is 4. The van der Waals surface area contributed by atoms with Gasteiger partial charge in [0.1, 0.15) is 0 Å². The third-order valence-electron chi connectivity index (χ3n) is 5.21. The standard InChI is InChI=1S/C22H31N5O/c1-24(2)20-9-5-18(6-10-20)17-26(4)22(28)23-19-7-11-21(12-8-19)27-15-13-25(3)14-16-27/h5-12H,13-17H2,1-4H3,(H,23,28). The minimum Gasteiger partial charge on any atom is -0.378 e. The molecule has 0 atom stereocenters. The van der Waals surface area contributed by atoms with Crippen molar-refractivity contribution in [3.8, 4) is 0 Å². The van der Waals surface area contributed by atoms with E-state index in [0.717, 1.165) is 43.1 Å². The molecule has 6 heteroatoms.